The van der Waals surface area contributed by atoms with Gasteiger partial charge in [0.05, 0.1) is 44.3 Å². The molecule has 0 saturated carbocycles. The summed E-state index contributed by atoms with van der Waals surface area (Å²) in [5.74, 6) is 3.91. The van der Waals surface area contributed by atoms with E-state index in [-0.39, 0.29) is 0 Å². The van der Waals surface area contributed by atoms with Gasteiger partial charge in [-0.25, -0.2) is 29.9 Å². The van der Waals surface area contributed by atoms with Crippen molar-refractivity contribution < 1.29 is 10.0 Å². The fraction of sp³-hybridized carbons (Fsp3) is 0.0179. The molecule has 26 rings (SSSR count). The van der Waals surface area contributed by atoms with Crippen molar-refractivity contribution in [3.8, 4) is 113 Å². The van der Waals surface area contributed by atoms with Crippen molar-refractivity contribution in [1.82, 2.24) is 39.0 Å². The van der Waals surface area contributed by atoms with Crippen LogP contribution in [0.4, 0.5) is 0 Å². The average molecular weight is 1650 g/mol. The van der Waals surface area contributed by atoms with Gasteiger partial charge >= 0.3 is 7.12 Å². The van der Waals surface area contributed by atoms with Crippen molar-refractivity contribution in [2.45, 2.75) is 10.8 Å². The van der Waals surface area contributed by atoms with Gasteiger partial charge in [0.2, 0.25) is 0 Å². The summed E-state index contributed by atoms with van der Waals surface area (Å²) in [6.45, 7) is 0. The molecule has 22 aromatic rings. The van der Waals surface area contributed by atoms with E-state index in [1.165, 1.54) is 105 Å². The van der Waals surface area contributed by atoms with Crippen LogP contribution >= 0.6 is 15.9 Å². The van der Waals surface area contributed by atoms with Crippen LogP contribution in [0, 0.1) is 0 Å². The highest BCUT2D eigenvalue weighted by Crippen LogP contribution is 2.64. The molecular weight excluding hydrogens is 1580 g/mol. The molecular formula is C112H70BBrN8O2. The molecule has 2 atom stereocenters. The lowest BCUT2D eigenvalue weighted by Crippen LogP contribution is -2.36. The molecule has 0 fully saturated rings. The second-order valence-electron chi connectivity index (χ2n) is 32.1. The molecule has 0 bridgehead atoms. The predicted octanol–water partition coefficient (Wildman–Crippen LogP) is 25.4. The van der Waals surface area contributed by atoms with Crippen LogP contribution in [0.1, 0.15) is 44.5 Å². The molecule has 580 valence electrons. The maximum Gasteiger partial charge on any atom is 0.488 e. The molecule has 12 heteroatoms. The molecule has 0 radical (unpaired) electrons. The van der Waals surface area contributed by atoms with Crippen molar-refractivity contribution in [3.05, 3.63) is 461 Å². The first-order valence-corrected chi connectivity index (χ1v) is 42.6. The Labute approximate surface area is 723 Å². The van der Waals surface area contributed by atoms with Crippen molar-refractivity contribution in [1.29, 1.82) is 0 Å². The van der Waals surface area contributed by atoms with Crippen LogP contribution in [0.2, 0.25) is 0 Å². The van der Waals surface area contributed by atoms with Crippen LogP contribution < -0.4 is 5.46 Å². The van der Waals surface area contributed by atoms with E-state index in [4.69, 9.17) is 29.9 Å². The third-order valence-electron chi connectivity index (χ3n) is 25.7. The monoisotopic (exact) mass is 1650 g/mol. The standard InChI is InChI=1S/C56H34N4.C31H20BNO2.C25H16BrN3/c1-3-17-36(18-4-1)53-57-54(37-19-5-2-6-20-37)59-55(58-53)51-39-21-8-7-16-35(39)30-32-40(51)38-31-33-42-41-22-9-11-25-45(41)56(48(42)34-38)46-26-12-14-29-50(46)60-49-28-13-10-23-43(49)44-24-15-27-47(56)52(44)60;34-32(35)19-16-17-21-20-8-1-3-11-24(20)31(27(21)18-19)25-12-4-6-15-29(25)33-28-14-5-2-9-22(28)23-10-7-13-26(31)30(23)33;26-21-16-15-17-9-7-8-14-20(17)22(21)25-28-23(18-10-3-1-4-11-18)27-24(29-25)19-12-5-2-6-13-19/h1-34H;1-18,34-35H;1-16H. The largest absolute Gasteiger partial charge is 0.488 e. The van der Waals surface area contributed by atoms with Gasteiger partial charge in [0.1, 0.15) is 0 Å². The summed E-state index contributed by atoms with van der Waals surface area (Å²) in [5.41, 5.74) is 29.4. The predicted molar refractivity (Wildman–Crippen MR) is 507 cm³/mol. The number of benzene rings is 18. The number of hydrogen-bond donors (Lipinski definition) is 2. The van der Waals surface area contributed by atoms with E-state index in [1.807, 2.05) is 133 Å². The highest BCUT2D eigenvalue weighted by Gasteiger charge is 2.53. The minimum Gasteiger partial charge on any atom is -0.423 e. The second-order valence-corrected chi connectivity index (χ2v) is 33.0. The van der Waals surface area contributed by atoms with E-state index in [0.29, 0.717) is 40.4 Å². The Hall–Kier alpha value is -15.4. The van der Waals surface area contributed by atoms with Gasteiger partial charge in [-0.05, 0) is 141 Å². The van der Waals surface area contributed by atoms with Crippen molar-refractivity contribution in [2.24, 2.45) is 0 Å². The molecule has 18 aromatic carbocycles. The molecule has 4 aliphatic rings. The van der Waals surface area contributed by atoms with E-state index in [1.54, 1.807) is 0 Å². The van der Waals surface area contributed by atoms with Gasteiger partial charge in [0.15, 0.2) is 34.9 Å². The first-order valence-electron chi connectivity index (χ1n) is 41.8. The van der Waals surface area contributed by atoms with E-state index in [2.05, 4.69) is 304 Å². The first kappa shape index (κ1) is 72.6. The molecule has 2 spiro atoms. The van der Waals surface area contributed by atoms with Crippen LogP contribution in [0.15, 0.2) is 417 Å². The molecule has 2 N–H and O–H groups in total. The zero-order valence-electron chi connectivity index (χ0n) is 66.7. The SMILES string of the molecule is Brc1ccc2ccccc2c1-c1nc(-c2ccccc2)nc(-c2ccccc2)n1.OB(O)c1ccc2c(c1)C1(c3ccccc3-2)c2ccccc2-n2c3ccccc3c3cccc1c32.c1ccc(-c2nc(-c3ccccc3)nc(-c3c(-c4ccc5c(c4)C4(c6ccccc6-5)c5ccccc5-n5c6ccccc6c6cccc4c65)ccc4ccccc34)n2)cc1. The highest BCUT2D eigenvalue weighted by atomic mass is 79.9. The van der Waals surface area contributed by atoms with Crippen LogP contribution in [-0.2, 0) is 10.8 Å². The Morgan fingerprint density at radius 3 is 1.05 bits per heavy atom. The van der Waals surface area contributed by atoms with E-state index in [9.17, 15) is 10.0 Å². The molecule has 2 aliphatic carbocycles. The number of nitrogens with zero attached hydrogens (tertiary/aromatic N) is 8. The number of para-hydroxylation sites is 6. The normalized spacial score (nSPS) is 14.5. The Bertz CT molecular complexity index is 8020. The Balaban J connectivity index is 0.000000114. The summed E-state index contributed by atoms with van der Waals surface area (Å²) < 4.78 is 5.87. The molecule has 124 heavy (non-hydrogen) atoms. The highest BCUT2D eigenvalue weighted by molar-refractivity contribution is 9.10. The number of fused-ring (bicyclic) bond motifs is 26. The van der Waals surface area contributed by atoms with Gasteiger partial charge in [-0.3, -0.25) is 0 Å². The van der Waals surface area contributed by atoms with Gasteiger partial charge in [0.25, 0.3) is 0 Å². The fourth-order valence-electron chi connectivity index (χ4n) is 20.5. The summed E-state index contributed by atoms with van der Waals surface area (Å²) in [4.78, 5) is 30.1. The number of rotatable bonds is 8. The lowest BCUT2D eigenvalue weighted by molar-refractivity contribution is 0.425. The third-order valence-corrected chi connectivity index (χ3v) is 26.3. The van der Waals surface area contributed by atoms with Gasteiger partial charge in [0, 0.05) is 59.4 Å². The smallest absolute Gasteiger partial charge is 0.423 e. The van der Waals surface area contributed by atoms with Crippen LogP contribution in [0.5, 0.6) is 0 Å². The minimum atomic E-state index is -1.53. The summed E-state index contributed by atoms with van der Waals surface area (Å²) in [7, 11) is -1.53. The molecule has 10 nitrogen and oxygen atoms in total. The van der Waals surface area contributed by atoms with Gasteiger partial charge in [-0.2, -0.15) is 0 Å². The number of halogens is 1. The third kappa shape index (κ3) is 11.0. The molecule has 0 amide bonds. The lowest BCUT2D eigenvalue weighted by Gasteiger charge is -2.39. The molecule has 6 heterocycles. The molecule has 4 aromatic heterocycles. The minimum absolute atomic E-state index is 0.506. The maximum absolute atomic E-state index is 10.1. The molecule has 0 saturated heterocycles. The summed E-state index contributed by atoms with van der Waals surface area (Å²) in [6, 6.07) is 145. The fourth-order valence-corrected chi connectivity index (χ4v) is 21.1. The zero-order valence-corrected chi connectivity index (χ0v) is 68.3. The van der Waals surface area contributed by atoms with Gasteiger partial charge in [-0.1, -0.05) is 392 Å². The lowest BCUT2D eigenvalue weighted by atomic mass is 9.64. The van der Waals surface area contributed by atoms with Crippen molar-refractivity contribution >= 4 is 93.7 Å². The molecule has 2 unspecified atom stereocenters. The number of hydrogen-bond acceptors (Lipinski definition) is 8. The summed E-state index contributed by atoms with van der Waals surface area (Å²) in [5, 5.41) is 29.7. The Morgan fingerprint density at radius 2 is 0.573 bits per heavy atom. The first-order chi connectivity index (χ1) is 61.3. The summed E-state index contributed by atoms with van der Waals surface area (Å²) in [6.07, 6.45) is 0. The van der Waals surface area contributed by atoms with E-state index < -0.39 is 17.9 Å². The van der Waals surface area contributed by atoms with Crippen molar-refractivity contribution in [2.75, 3.05) is 0 Å². The van der Waals surface area contributed by atoms with Crippen LogP contribution in [0.3, 0.4) is 0 Å². The molecule has 2 aliphatic heterocycles. The summed E-state index contributed by atoms with van der Waals surface area (Å²) >= 11 is 3.72. The van der Waals surface area contributed by atoms with Gasteiger partial charge in [-0.15, -0.1) is 0 Å². The van der Waals surface area contributed by atoms with Crippen LogP contribution in [0.25, 0.3) is 178 Å². The Morgan fingerprint density at radius 1 is 0.234 bits per heavy atom. The van der Waals surface area contributed by atoms with Crippen LogP contribution in [-0.4, -0.2) is 56.2 Å². The maximum atomic E-state index is 10.1. The van der Waals surface area contributed by atoms with Crippen molar-refractivity contribution in [3.63, 3.8) is 0 Å². The van der Waals surface area contributed by atoms with E-state index >= 15 is 0 Å². The topological polar surface area (TPSA) is 128 Å². The quantitative estimate of drug-likeness (QED) is 0.144. The Kier molecular flexibility index (Phi) is 16.9. The second kappa shape index (κ2) is 28.9. The van der Waals surface area contributed by atoms with E-state index in [0.717, 1.165) is 87.3 Å². The number of aromatic nitrogens is 8. The van der Waals surface area contributed by atoms with Gasteiger partial charge < -0.3 is 19.2 Å². The zero-order chi connectivity index (χ0) is 82.3. The average Bonchev–Trinajstić information content (AvgIpc) is 1.50.